The van der Waals surface area contributed by atoms with Gasteiger partial charge in [-0.3, -0.25) is 14.6 Å². The molecule has 140 valence electrons. The first kappa shape index (κ1) is 18.8. The van der Waals surface area contributed by atoms with Crippen LogP contribution in [0.2, 0.25) is 0 Å². The Hall–Kier alpha value is -3.00. The Morgan fingerprint density at radius 2 is 1.89 bits per heavy atom. The Bertz CT molecular complexity index is 934. The lowest BCUT2D eigenvalue weighted by Gasteiger charge is -2.08. The third kappa shape index (κ3) is 4.79. The Kier molecular flexibility index (Phi) is 5.97. The van der Waals surface area contributed by atoms with Gasteiger partial charge in [0.25, 0.3) is 11.8 Å². The molecule has 0 spiro atoms. The van der Waals surface area contributed by atoms with Gasteiger partial charge in [0.05, 0.1) is 16.1 Å². The van der Waals surface area contributed by atoms with Crippen LogP contribution < -0.4 is 10.6 Å². The molecule has 0 aliphatic carbocycles. The van der Waals surface area contributed by atoms with Crippen molar-refractivity contribution in [1.29, 1.82) is 0 Å². The summed E-state index contributed by atoms with van der Waals surface area (Å²) in [5.41, 5.74) is 2.38. The van der Waals surface area contributed by atoms with Crippen molar-refractivity contribution in [2.45, 2.75) is 20.3 Å². The van der Waals surface area contributed by atoms with E-state index in [1.165, 1.54) is 11.3 Å². The van der Waals surface area contributed by atoms with Crippen molar-refractivity contribution >= 4 is 23.2 Å². The van der Waals surface area contributed by atoms with E-state index >= 15 is 0 Å². The lowest BCUT2D eigenvalue weighted by Crippen LogP contribution is -2.30. The van der Waals surface area contributed by atoms with Crippen molar-refractivity contribution in [2.75, 3.05) is 13.1 Å². The van der Waals surface area contributed by atoms with Crippen LogP contribution in [0, 0.1) is 13.8 Å². The number of amides is 2. The number of aryl methyl sites for hydroxylation is 2. The van der Waals surface area contributed by atoms with Crippen LogP contribution in [0.25, 0.3) is 10.6 Å². The third-order valence-corrected chi connectivity index (χ3v) is 4.79. The van der Waals surface area contributed by atoms with E-state index in [0.29, 0.717) is 36.5 Å². The fourth-order valence-electron chi connectivity index (χ4n) is 2.52. The normalized spacial score (nSPS) is 10.6. The van der Waals surface area contributed by atoms with Gasteiger partial charge < -0.3 is 15.2 Å². The van der Waals surface area contributed by atoms with Crippen molar-refractivity contribution in [3.63, 3.8) is 0 Å². The molecule has 0 aromatic carbocycles. The highest BCUT2D eigenvalue weighted by Gasteiger charge is 2.14. The minimum absolute atomic E-state index is 0.164. The summed E-state index contributed by atoms with van der Waals surface area (Å²) in [5.74, 6) is 0.111. The van der Waals surface area contributed by atoms with Gasteiger partial charge in [0.1, 0.15) is 0 Å². The van der Waals surface area contributed by atoms with E-state index in [9.17, 15) is 9.59 Å². The summed E-state index contributed by atoms with van der Waals surface area (Å²) in [6.07, 6.45) is 0.603. The van der Waals surface area contributed by atoms with Crippen LogP contribution in [0.5, 0.6) is 0 Å². The number of hydrogen-bond donors (Lipinski definition) is 2. The van der Waals surface area contributed by atoms with Gasteiger partial charge in [0.2, 0.25) is 0 Å². The number of carbonyl (C=O) groups is 2. The lowest BCUT2D eigenvalue weighted by molar-refractivity contribution is 0.0944. The maximum Gasteiger partial charge on any atom is 0.273 e. The highest BCUT2D eigenvalue weighted by Crippen LogP contribution is 2.24. The van der Waals surface area contributed by atoms with Crippen LogP contribution in [0.1, 0.15) is 38.7 Å². The summed E-state index contributed by atoms with van der Waals surface area (Å²) < 4.78 is 5.19. The Morgan fingerprint density at radius 1 is 1.11 bits per heavy atom. The van der Waals surface area contributed by atoms with Gasteiger partial charge >= 0.3 is 0 Å². The molecule has 0 fully saturated rings. The van der Waals surface area contributed by atoms with Crippen LogP contribution in [0.15, 0.2) is 40.2 Å². The summed E-state index contributed by atoms with van der Waals surface area (Å²) in [6, 6.07) is 9.01. The molecule has 0 atom stereocenters. The molecule has 0 radical (unpaired) electrons. The molecule has 8 heteroatoms. The van der Waals surface area contributed by atoms with Gasteiger partial charge in [-0.25, -0.2) is 0 Å². The lowest BCUT2D eigenvalue weighted by atomic mass is 10.1. The summed E-state index contributed by atoms with van der Waals surface area (Å²) in [4.78, 5) is 29.5. The number of carbonyl (C=O) groups excluding carboxylic acids is 2. The van der Waals surface area contributed by atoms with Gasteiger partial charge in [-0.15, -0.1) is 11.3 Å². The van der Waals surface area contributed by atoms with E-state index in [-0.39, 0.29) is 17.5 Å². The molecule has 2 amide bonds. The smallest absolute Gasteiger partial charge is 0.273 e. The minimum Gasteiger partial charge on any atom is -0.355 e. The van der Waals surface area contributed by atoms with E-state index < -0.39 is 0 Å². The van der Waals surface area contributed by atoms with Crippen molar-refractivity contribution in [3.8, 4) is 10.6 Å². The maximum absolute atomic E-state index is 12.2. The van der Waals surface area contributed by atoms with Crippen LogP contribution in [-0.2, 0) is 0 Å². The molecule has 0 unspecified atom stereocenters. The van der Waals surface area contributed by atoms with Gasteiger partial charge in [0, 0.05) is 24.8 Å². The number of rotatable bonds is 7. The van der Waals surface area contributed by atoms with Crippen LogP contribution in [0.3, 0.4) is 0 Å². The largest absolute Gasteiger partial charge is 0.355 e. The Morgan fingerprint density at radius 3 is 2.59 bits per heavy atom. The van der Waals surface area contributed by atoms with E-state index in [1.54, 1.807) is 12.1 Å². The van der Waals surface area contributed by atoms with Gasteiger partial charge in [-0.1, -0.05) is 11.2 Å². The molecular formula is C19H20N4O3S. The van der Waals surface area contributed by atoms with Crippen LogP contribution in [0.4, 0.5) is 0 Å². The fraction of sp³-hybridized carbons (Fsp3) is 0.263. The third-order valence-electron chi connectivity index (χ3n) is 3.90. The summed E-state index contributed by atoms with van der Waals surface area (Å²) in [6.45, 7) is 4.57. The molecule has 0 bridgehead atoms. The monoisotopic (exact) mass is 384 g/mol. The zero-order valence-electron chi connectivity index (χ0n) is 15.1. The van der Waals surface area contributed by atoms with Crippen molar-refractivity contribution in [1.82, 2.24) is 20.8 Å². The fourth-order valence-corrected chi connectivity index (χ4v) is 3.19. The maximum atomic E-state index is 12.2. The standard InChI is InChI=1S/C19H20N4O3S/c1-12-6-7-14(13(2)22-12)18(24)20-8-4-9-21-19(25)15-11-16(26-23-15)17-5-3-10-27-17/h3,5-7,10-11H,4,8-9H2,1-2H3,(H,20,24)(H,21,25). The summed E-state index contributed by atoms with van der Waals surface area (Å²) in [5, 5.41) is 11.3. The first-order valence-corrected chi connectivity index (χ1v) is 9.44. The van der Waals surface area contributed by atoms with Crippen molar-refractivity contribution < 1.29 is 14.1 Å². The topological polar surface area (TPSA) is 97.1 Å². The number of thiophene rings is 1. The van der Waals surface area contributed by atoms with E-state index in [1.807, 2.05) is 37.4 Å². The molecule has 27 heavy (non-hydrogen) atoms. The molecule has 3 heterocycles. The van der Waals surface area contributed by atoms with Crippen LogP contribution in [-0.4, -0.2) is 35.0 Å². The highest BCUT2D eigenvalue weighted by molar-refractivity contribution is 7.13. The van der Waals surface area contributed by atoms with E-state index in [0.717, 1.165) is 10.6 Å². The first-order chi connectivity index (χ1) is 13.0. The molecule has 0 aliphatic rings. The molecule has 3 rings (SSSR count). The number of aromatic nitrogens is 2. The second kappa shape index (κ2) is 8.59. The van der Waals surface area contributed by atoms with Crippen LogP contribution >= 0.6 is 11.3 Å². The van der Waals surface area contributed by atoms with Crippen molar-refractivity contribution in [2.24, 2.45) is 0 Å². The number of hydrogen-bond acceptors (Lipinski definition) is 6. The zero-order chi connectivity index (χ0) is 19.2. The summed E-state index contributed by atoms with van der Waals surface area (Å²) >= 11 is 1.52. The second-order valence-electron chi connectivity index (χ2n) is 6.00. The SMILES string of the molecule is Cc1ccc(C(=O)NCCCNC(=O)c2cc(-c3cccs3)on2)c(C)n1. The molecule has 0 saturated carbocycles. The number of pyridine rings is 1. The predicted molar refractivity (Wildman–Crippen MR) is 103 cm³/mol. The predicted octanol–water partition coefficient (Wildman–Crippen LogP) is 2.96. The second-order valence-corrected chi connectivity index (χ2v) is 6.95. The zero-order valence-corrected chi connectivity index (χ0v) is 15.9. The number of nitrogens with one attached hydrogen (secondary N) is 2. The van der Waals surface area contributed by atoms with Gasteiger partial charge in [-0.05, 0) is 43.8 Å². The quantitative estimate of drug-likeness (QED) is 0.611. The Balaban J connectivity index is 1.41. The number of nitrogens with zero attached hydrogens (tertiary/aromatic N) is 2. The molecule has 0 saturated heterocycles. The van der Waals surface area contributed by atoms with Gasteiger partial charge in [0.15, 0.2) is 11.5 Å². The molecule has 3 aromatic rings. The van der Waals surface area contributed by atoms with E-state index in [4.69, 9.17) is 4.52 Å². The minimum atomic E-state index is -0.300. The molecule has 0 aliphatic heterocycles. The molecular weight excluding hydrogens is 364 g/mol. The highest BCUT2D eigenvalue weighted by atomic mass is 32.1. The van der Waals surface area contributed by atoms with Gasteiger partial charge in [-0.2, -0.15) is 0 Å². The molecule has 7 nitrogen and oxygen atoms in total. The molecule has 2 N–H and O–H groups in total. The average Bonchev–Trinajstić information content (AvgIpc) is 3.32. The van der Waals surface area contributed by atoms with Crippen molar-refractivity contribution in [3.05, 3.63) is 58.4 Å². The summed E-state index contributed by atoms with van der Waals surface area (Å²) in [7, 11) is 0. The average molecular weight is 384 g/mol. The Labute approximate surface area is 160 Å². The molecule has 3 aromatic heterocycles. The van der Waals surface area contributed by atoms with E-state index in [2.05, 4.69) is 20.8 Å². The first-order valence-electron chi connectivity index (χ1n) is 8.56.